The molecule has 0 saturated carbocycles. The number of ether oxygens (including phenoxy) is 9. The van der Waals surface area contributed by atoms with Crippen molar-refractivity contribution >= 4 is 17.9 Å². The summed E-state index contributed by atoms with van der Waals surface area (Å²) in [4.78, 5) is 39.6. The first kappa shape index (κ1) is 33.7. The zero-order valence-electron chi connectivity index (χ0n) is 27.8. The molecule has 12 nitrogen and oxygen atoms in total. The Kier molecular flexibility index (Phi) is 8.45. The zero-order valence-corrected chi connectivity index (χ0v) is 27.8. The van der Waals surface area contributed by atoms with Gasteiger partial charge in [-0.2, -0.15) is 0 Å². The van der Waals surface area contributed by atoms with Crippen LogP contribution in [0.5, 0.6) is 0 Å². The molecule has 45 heavy (non-hydrogen) atoms. The van der Waals surface area contributed by atoms with E-state index in [1.807, 2.05) is 0 Å². The molecule has 4 fully saturated rings. The number of esters is 3. The molecule has 4 aliphatic rings. The Morgan fingerprint density at radius 2 is 1.44 bits per heavy atom. The van der Waals surface area contributed by atoms with E-state index in [0.29, 0.717) is 5.56 Å². The Morgan fingerprint density at radius 3 is 2.07 bits per heavy atom. The lowest BCUT2D eigenvalue weighted by Crippen LogP contribution is -2.77. The summed E-state index contributed by atoms with van der Waals surface area (Å²) >= 11 is 0. The van der Waals surface area contributed by atoms with Crippen LogP contribution in [0.4, 0.5) is 0 Å². The van der Waals surface area contributed by atoms with E-state index in [1.54, 1.807) is 99.6 Å². The van der Waals surface area contributed by atoms with Gasteiger partial charge in [-0.15, -0.1) is 0 Å². The smallest absolute Gasteiger partial charge is 0.338 e. The first-order valence-electron chi connectivity index (χ1n) is 15.3. The molecule has 0 amide bonds. The molecule has 0 N–H and O–H groups in total. The lowest BCUT2D eigenvalue weighted by molar-refractivity contribution is -0.332. The molecule has 1 aromatic carbocycles. The van der Waals surface area contributed by atoms with Gasteiger partial charge in [-0.05, 0) is 81.4 Å². The highest BCUT2D eigenvalue weighted by Gasteiger charge is 2.81. The molecular weight excluding hydrogens is 588 g/mol. The number of carbonyl (C=O) groups excluding carboxylic acids is 3. The fourth-order valence-electron chi connectivity index (χ4n) is 6.28. The minimum Gasteiger partial charge on any atom is -0.462 e. The summed E-state index contributed by atoms with van der Waals surface area (Å²) in [6, 6.07) is 8.56. The summed E-state index contributed by atoms with van der Waals surface area (Å²) in [5.41, 5.74) is -4.82. The molecule has 1 aromatic rings. The van der Waals surface area contributed by atoms with Gasteiger partial charge < -0.3 is 42.6 Å². The molecular formula is C33H46O12. The van der Waals surface area contributed by atoms with Crippen LogP contribution < -0.4 is 0 Å². The Balaban J connectivity index is 1.63. The van der Waals surface area contributed by atoms with Crippen molar-refractivity contribution in [2.45, 2.75) is 123 Å². The second kappa shape index (κ2) is 11.3. The molecule has 0 spiro atoms. The molecule has 2 bridgehead atoms. The Labute approximate surface area is 264 Å². The third kappa shape index (κ3) is 6.13. The van der Waals surface area contributed by atoms with E-state index in [-0.39, 0.29) is 13.2 Å². The minimum atomic E-state index is -1.74. The van der Waals surface area contributed by atoms with Crippen LogP contribution >= 0.6 is 0 Å². The fraction of sp³-hybridized carbons (Fsp3) is 0.727. The van der Waals surface area contributed by atoms with Crippen molar-refractivity contribution in [1.82, 2.24) is 0 Å². The summed E-state index contributed by atoms with van der Waals surface area (Å²) in [7, 11) is 0. The Bertz CT molecular complexity index is 1290. The maximum Gasteiger partial charge on any atom is 0.338 e. The van der Waals surface area contributed by atoms with Crippen LogP contribution in [-0.4, -0.2) is 91.2 Å². The van der Waals surface area contributed by atoms with Crippen LogP contribution in [-0.2, 0) is 52.2 Å². The SMILES string of the molecule is CC1(C)O[C@H]2[C@@H](OC(=O)c3ccccc3)[C@H]3CO[C@H](O3)[C@@]2([C@@]2(COC(=O)C(C)(C)C)OC(C)(C)O[C@@H]2COC(=O)C(C)(C)C)O1. The minimum absolute atomic E-state index is 0.0641. The van der Waals surface area contributed by atoms with Crippen LogP contribution in [0.3, 0.4) is 0 Å². The summed E-state index contributed by atoms with van der Waals surface area (Å²) in [5, 5.41) is 0. The zero-order chi connectivity index (χ0) is 33.2. The maximum absolute atomic E-state index is 13.4. The molecule has 250 valence electrons. The van der Waals surface area contributed by atoms with E-state index in [9.17, 15) is 14.4 Å². The third-order valence-corrected chi connectivity index (χ3v) is 8.27. The predicted octanol–water partition coefficient (Wildman–Crippen LogP) is 3.93. The maximum atomic E-state index is 13.4. The lowest BCUT2D eigenvalue weighted by atomic mass is 9.71. The van der Waals surface area contributed by atoms with Crippen LogP contribution in [0.15, 0.2) is 30.3 Å². The number of fused-ring (bicyclic) bond motifs is 4. The molecule has 12 heteroatoms. The van der Waals surface area contributed by atoms with Gasteiger partial charge in [0.25, 0.3) is 0 Å². The van der Waals surface area contributed by atoms with Crippen molar-refractivity contribution in [2.75, 3.05) is 19.8 Å². The first-order valence-corrected chi connectivity index (χ1v) is 15.3. The summed E-state index contributed by atoms with van der Waals surface area (Å²) in [6.45, 7) is 16.6. The first-order chi connectivity index (χ1) is 20.7. The largest absolute Gasteiger partial charge is 0.462 e. The molecule has 0 aliphatic carbocycles. The second-order valence-corrected chi connectivity index (χ2v) is 15.1. The number of benzene rings is 1. The average Bonchev–Trinajstić information content (AvgIpc) is 3.59. The van der Waals surface area contributed by atoms with Gasteiger partial charge in [0.05, 0.1) is 23.0 Å². The molecule has 0 radical (unpaired) electrons. The highest BCUT2D eigenvalue weighted by Crippen LogP contribution is 2.59. The van der Waals surface area contributed by atoms with Crippen molar-refractivity contribution in [2.24, 2.45) is 10.8 Å². The topological polar surface area (TPSA) is 134 Å². The van der Waals surface area contributed by atoms with Gasteiger partial charge in [-0.25, -0.2) is 4.79 Å². The number of carbonyl (C=O) groups is 3. The van der Waals surface area contributed by atoms with Crippen molar-refractivity contribution in [3.63, 3.8) is 0 Å². The molecule has 4 heterocycles. The van der Waals surface area contributed by atoms with Crippen LogP contribution in [0.25, 0.3) is 0 Å². The van der Waals surface area contributed by atoms with Gasteiger partial charge in [0, 0.05) is 0 Å². The van der Waals surface area contributed by atoms with E-state index >= 15 is 0 Å². The number of hydrogen-bond acceptors (Lipinski definition) is 12. The van der Waals surface area contributed by atoms with Crippen LogP contribution in [0, 0.1) is 10.8 Å². The number of hydrogen-bond donors (Lipinski definition) is 0. The summed E-state index contributed by atoms with van der Waals surface area (Å²) < 4.78 is 57.0. The molecule has 5 rings (SSSR count). The van der Waals surface area contributed by atoms with Crippen molar-refractivity contribution in [1.29, 1.82) is 0 Å². The fourth-order valence-corrected chi connectivity index (χ4v) is 6.28. The quantitative estimate of drug-likeness (QED) is 0.318. The van der Waals surface area contributed by atoms with Crippen molar-refractivity contribution in [3.8, 4) is 0 Å². The second-order valence-electron chi connectivity index (χ2n) is 15.1. The van der Waals surface area contributed by atoms with E-state index < -0.39 is 88.8 Å². The van der Waals surface area contributed by atoms with Crippen molar-refractivity contribution < 1.29 is 57.0 Å². The van der Waals surface area contributed by atoms with Crippen LogP contribution in [0.1, 0.15) is 79.6 Å². The lowest BCUT2D eigenvalue weighted by Gasteiger charge is -2.52. The van der Waals surface area contributed by atoms with Gasteiger partial charge in [0.2, 0.25) is 0 Å². The Morgan fingerprint density at radius 1 is 0.844 bits per heavy atom. The highest BCUT2D eigenvalue weighted by atomic mass is 16.8. The monoisotopic (exact) mass is 634 g/mol. The van der Waals surface area contributed by atoms with E-state index in [1.165, 1.54) is 0 Å². The average molecular weight is 635 g/mol. The van der Waals surface area contributed by atoms with E-state index in [2.05, 4.69) is 0 Å². The van der Waals surface area contributed by atoms with Gasteiger partial charge in [-0.3, -0.25) is 9.59 Å². The van der Waals surface area contributed by atoms with Crippen LogP contribution in [0.2, 0.25) is 0 Å². The summed E-state index contributed by atoms with van der Waals surface area (Å²) in [6.07, 6.45) is -4.95. The van der Waals surface area contributed by atoms with E-state index in [0.717, 1.165) is 0 Å². The third-order valence-electron chi connectivity index (χ3n) is 8.27. The van der Waals surface area contributed by atoms with E-state index in [4.69, 9.17) is 42.6 Å². The predicted molar refractivity (Wildman–Crippen MR) is 157 cm³/mol. The molecule has 4 aliphatic heterocycles. The molecule has 7 atom stereocenters. The normalized spacial score (nSPS) is 35.0. The summed E-state index contributed by atoms with van der Waals surface area (Å²) in [5.74, 6) is -4.14. The molecule has 0 unspecified atom stereocenters. The van der Waals surface area contributed by atoms with Crippen molar-refractivity contribution in [3.05, 3.63) is 35.9 Å². The Hall–Kier alpha value is -2.61. The van der Waals surface area contributed by atoms with Gasteiger partial charge in [0.15, 0.2) is 35.2 Å². The molecule has 0 aromatic heterocycles. The number of rotatable bonds is 7. The standard InChI is InChI=1S/C33H46O12/c1-28(2,3)25(35)37-17-21-32(44-30(7,8)42-21,18-39-26(36)29(4,5)6)33-23(43-31(9,10)45-33)22(20-16-38-27(33)40-20)41-24(34)19-14-12-11-13-15-19/h11-15,20-23,27H,16-18H2,1-10H3/t20-,21-,22+,23+,27-,32+,33+/m1/s1. The van der Waals surface area contributed by atoms with Gasteiger partial charge in [-0.1, -0.05) is 18.2 Å². The van der Waals surface area contributed by atoms with Gasteiger partial charge >= 0.3 is 17.9 Å². The van der Waals surface area contributed by atoms with Gasteiger partial charge in [0.1, 0.15) is 31.5 Å². The highest BCUT2D eigenvalue weighted by molar-refractivity contribution is 5.89. The molecule has 4 saturated heterocycles.